The van der Waals surface area contributed by atoms with Crippen LogP contribution in [0.2, 0.25) is 0 Å². The van der Waals surface area contributed by atoms with Crippen molar-refractivity contribution in [3.8, 4) is 0 Å². The molecule has 0 aliphatic carbocycles. The van der Waals surface area contributed by atoms with E-state index in [1.54, 1.807) is 0 Å². The van der Waals surface area contributed by atoms with Crippen molar-refractivity contribution in [2.24, 2.45) is 23.7 Å². The summed E-state index contributed by atoms with van der Waals surface area (Å²) in [7, 11) is 0. The van der Waals surface area contributed by atoms with Gasteiger partial charge in [0.1, 0.15) is 0 Å². The van der Waals surface area contributed by atoms with E-state index in [2.05, 4.69) is 41.5 Å². The highest BCUT2D eigenvalue weighted by molar-refractivity contribution is 5.69. The number of ether oxygens (including phenoxy) is 2. The molecule has 1 atom stereocenters. The average Bonchev–Trinajstić information content (AvgIpc) is 2.81. The molecule has 1 unspecified atom stereocenters. The molecule has 0 fully saturated rings. The number of hydrogen-bond donors (Lipinski definition) is 0. The van der Waals surface area contributed by atoms with Crippen LogP contribution in [0.15, 0.2) is 0 Å². The lowest BCUT2D eigenvalue weighted by atomic mass is 9.87. The highest BCUT2D eigenvalue weighted by Gasteiger charge is 2.18. The van der Waals surface area contributed by atoms with Gasteiger partial charge in [0.05, 0.1) is 13.2 Å². The van der Waals surface area contributed by atoms with Gasteiger partial charge >= 0.3 is 11.9 Å². The molecule has 0 amide bonds. The lowest BCUT2D eigenvalue weighted by Crippen LogP contribution is -2.17. The van der Waals surface area contributed by atoms with Gasteiger partial charge in [-0.2, -0.15) is 0 Å². The van der Waals surface area contributed by atoms with Gasteiger partial charge in [0, 0.05) is 12.8 Å². The van der Waals surface area contributed by atoms with Crippen LogP contribution in [0.5, 0.6) is 0 Å². The lowest BCUT2D eigenvalue weighted by Gasteiger charge is -2.20. The van der Waals surface area contributed by atoms with Crippen LogP contribution in [-0.2, 0) is 19.1 Å². The first-order valence-electron chi connectivity index (χ1n) is 15.5. The summed E-state index contributed by atoms with van der Waals surface area (Å²) in [4.78, 5) is 24.1. The maximum atomic E-state index is 12.2. The van der Waals surface area contributed by atoms with Crippen LogP contribution >= 0.6 is 0 Å². The van der Waals surface area contributed by atoms with Crippen LogP contribution in [-0.4, -0.2) is 25.2 Å². The number of hydrogen-bond acceptors (Lipinski definition) is 4. The smallest absolute Gasteiger partial charge is 0.306 e. The van der Waals surface area contributed by atoms with Crippen molar-refractivity contribution in [2.45, 2.75) is 157 Å². The Labute approximate surface area is 225 Å². The molecular weight excluding hydrogens is 448 g/mol. The Morgan fingerprint density at radius 2 is 0.917 bits per heavy atom. The minimum atomic E-state index is -0.0248. The Bertz CT molecular complexity index is 512. The van der Waals surface area contributed by atoms with E-state index in [-0.39, 0.29) is 11.9 Å². The first kappa shape index (κ1) is 34.9. The molecule has 0 radical (unpaired) electrons. The molecule has 0 N–H and O–H groups in total. The number of carbonyl (C=O) groups is 2. The summed E-state index contributed by atoms with van der Waals surface area (Å²) in [5.41, 5.74) is 0. The van der Waals surface area contributed by atoms with Crippen LogP contribution in [0.4, 0.5) is 0 Å². The van der Waals surface area contributed by atoms with Crippen LogP contribution in [0.3, 0.4) is 0 Å². The minimum absolute atomic E-state index is 0.0118. The summed E-state index contributed by atoms with van der Waals surface area (Å²) in [6.45, 7) is 14.6. The standard InChI is InChI=1S/C32H62O4/c1-27(2)20-14-12-18-24-35-31(33)23-17-11-9-7-8-10-16-22-30(29(5)6)26-32(34)36-25-19-13-15-21-28(3)4/h27-30H,7-26H2,1-6H3. The monoisotopic (exact) mass is 510 g/mol. The fourth-order valence-corrected chi connectivity index (χ4v) is 4.61. The summed E-state index contributed by atoms with van der Waals surface area (Å²) in [6, 6.07) is 0. The lowest BCUT2D eigenvalue weighted by molar-refractivity contribution is -0.145. The third-order valence-electron chi connectivity index (χ3n) is 7.21. The maximum absolute atomic E-state index is 12.2. The zero-order chi connectivity index (χ0) is 27.0. The second kappa shape index (κ2) is 24.3. The second-order valence-electron chi connectivity index (χ2n) is 12.1. The molecule has 0 spiro atoms. The van der Waals surface area contributed by atoms with E-state index in [1.807, 2.05) is 0 Å². The van der Waals surface area contributed by atoms with Gasteiger partial charge in [-0.15, -0.1) is 0 Å². The topological polar surface area (TPSA) is 52.6 Å². The molecule has 0 bridgehead atoms. The molecule has 4 nitrogen and oxygen atoms in total. The van der Waals surface area contributed by atoms with Crippen molar-refractivity contribution in [3.63, 3.8) is 0 Å². The van der Waals surface area contributed by atoms with Gasteiger partial charge < -0.3 is 9.47 Å². The largest absolute Gasteiger partial charge is 0.466 e. The summed E-state index contributed by atoms with van der Waals surface area (Å²) in [5.74, 6) is 2.43. The van der Waals surface area contributed by atoms with E-state index < -0.39 is 0 Å². The van der Waals surface area contributed by atoms with E-state index in [0.29, 0.717) is 37.9 Å². The van der Waals surface area contributed by atoms with Crippen LogP contribution in [0.1, 0.15) is 157 Å². The van der Waals surface area contributed by atoms with Crippen LogP contribution < -0.4 is 0 Å². The molecule has 0 aliphatic rings. The molecule has 36 heavy (non-hydrogen) atoms. The van der Waals surface area contributed by atoms with Crippen molar-refractivity contribution < 1.29 is 19.1 Å². The normalized spacial score (nSPS) is 12.5. The van der Waals surface area contributed by atoms with Crippen LogP contribution in [0.25, 0.3) is 0 Å². The van der Waals surface area contributed by atoms with Crippen LogP contribution in [0, 0.1) is 23.7 Å². The highest BCUT2D eigenvalue weighted by atomic mass is 16.5. The average molecular weight is 511 g/mol. The van der Waals surface area contributed by atoms with Crippen molar-refractivity contribution in [1.29, 1.82) is 0 Å². The molecule has 0 rings (SSSR count). The zero-order valence-electron chi connectivity index (χ0n) is 25.1. The second-order valence-corrected chi connectivity index (χ2v) is 12.1. The number of esters is 2. The molecule has 0 aromatic heterocycles. The Hall–Kier alpha value is -1.06. The highest BCUT2D eigenvalue weighted by Crippen LogP contribution is 2.23. The predicted octanol–water partition coefficient (Wildman–Crippen LogP) is 9.68. The van der Waals surface area contributed by atoms with Crippen molar-refractivity contribution in [3.05, 3.63) is 0 Å². The molecule has 0 saturated heterocycles. The first-order valence-corrected chi connectivity index (χ1v) is 15.5. The third kappa shape index (κ3) is 24.6. The van der Waals surface area contributed by atoms with Gasteiger partial charge in [-0.3, -0.25) is 9.59 Å². The summed E-state index contributed by atoms with van der Waals surface area (Å²) < 4.78 is 10.9. The van der Waals surface area contributed by atoms with E-state index in [0.717, 1.165) is 56.8 Å². The van der Waals surface area contributed by atoms with E-state index in [4.69, 9.17) is 9.47 Å². The molecular formula is C32H62O4. The van der Waals surface area contributed by atoms with Gasteiger partial charge in [0.15, 0.2) is 0 Å². The summed E-state index contributed by atoms with van der Waals surface area (Å²) in [5, 5.41) is 0. The first-order chi connectivity index (χ1) is 17.2. The summed E-state index contributed by atoms with van der Waals surface area (Å²) >= 11 is 0. The Kier molecular flexibility index (Phi) is 23.6. The molecule has 0 heterocycles. The maximum Gasteiger partial charge on any atom is 0.306 e. The van der Waals surface area contributed by atoms with E-state index in [1.165, 1.54) is 57.8 Å². The molecule has 0 saturated carbocycles. The Morgan fingerprint density at radius 3 is 1.42 bits per heavy atom. The van der Waals surface area contributed by atoms with Gasteiger partial charge in [0.2, 0.25) is 0 Å². The van der Waals surface area contributed by atoms with Crippen molar-refractivity contribution in [2.75, 3.05) is 13.2 Å². The number of unbranched alkanes of at least 4 members (excludes halogenated alkanes) is 10. The number of carbonyl (C=O) groups excluding carboxylic acids is 2. The SMILES string of the molecule is CC(C)CCCCCOC(=O)CCCCCCCCCC(CC(=O)OCCCCCC(C)C)C(C)C. The fraction of sp³-hybridized carbons (Fsp3) is 0.938. The quantitative estimate of drug-likeness (QED) is 0.0906. The van der Waals surface area contributed by atoms with Gasteiger partial charge in [-0.05, 0) is 49.4 Å². The zero-order valence-corrected chi connectivity index (χ0v) is 25.1. The third-order valence-corrected chi connectivity index (χ3v) is 7.21. The number of rotatable bonds is 25. The predicted molar refractivity (Wildman–Crippen MR) is 153 cm³/mol. The molecule has 214 valence electrons. The minimum Gasteiger partial charge on any atom is -0.466 e. The van der Waals surface area contributed by atoms with E-state index in [9.17, 15) is 9.59 Å². The summed E-state index contributed by atoms with van der Waals surface area (Å²) in [6.07, 6.45) is 19.7. The Balaban J connectivity index is 3.63. The van der Waals surface area contributed by atoms with Gasteiger partial charge in [-0.25, -0.2) is 0 Å². The van der Waals surface area contributed by atoms with Gasteiger partial charge in [-0.1, -0.05) is 119 Å². The molecule has 0 aliphatic heterocycles. The fourth-order valence-electron chi connectivity index (χ4n) is 4.61. The molecule has 0 aromatic carbocycles. The van der Waals surface area contributed by atoms with Crippen molar-refractivity contribution >= 4 is 11.9 Å². The van der Waals surface area contributed by atoms with E-state index >= 15 is 0 Å². The Morgan fingerprint density at radius 1 is 0.500 bits per heavy atom. The molecule has 4 heteroatoms. The van der Waals surface area contributed by atoms with Crippen molar-refractivity contribution in [1.82, 2.24) is 0 Å². The van der Waals surface area contributed by atoms with Gasteiger partial charge in [0.25, 0.3) is 0 Å². The molecule has 0 aromatic rings.